The van der Waals surface area contributed by atoms with Crippen LogP contribution in [0.4, 0.5) is 0 Å². The minimum Gasteiger partial charge on any atom is -0.349 e. The summed E-state index contributed by atoms with van der Waals surface area (Å²) in [4.78, 5) is 15.8. The van der Waals surface area contributed by atoms with Crippen LogP contribution in [0, 0.1) is 0 Å². The summed E-state index contributed by atoms with van der Waals surface area (Å²) in [6.45, 7) is 1.51. The minimum atomic E-state index is -0.0531. The minimum absolute atomic E-state index is 0. The van der Waals surface area contributed by atoms with E-state index in [4.69, 9.17) is 0 Å². The van der Waals surface area contributed by atoms with Gasteiger partial charge in [-0.25, -0.2) is 4.98 Å². The van der Waals surface area contributed by atoms with E-state index in [1.807, 2.05) is 7.05 Å². The Morgan fingerprint density at radius 2 is 2.00 bits per heavy atom. The molecule has 6 heteroatoms. The van der Waals surface area contributed by atoms with Gasteiger partial charge >= 0.3 is 0 Å². The number of hydrogen-bond donors (Lipinski definition) is 2. The SMILES string of the molecule is Cl.Cn1cncc1C(=O)NCCNC1CCCCCC1. The summed E-state index contributed by atoms with van der Waals surface area (Å²) in [6.07, 6.45) is 11.2. The number of nitrogens with one attached hydrogen (secondary N) is 2. The highest BCUT2D eigenvalue weighted by Crippen LogP contribution is 2.16. The van der Waals surface area contributed by atoms with Gasteiger partial charge in [-0.15, -0.1) is 12.4 Å². The van der Waals surface area contributed by atoms with Crippen molar-refractivity contribution in [1.82, 2.24) is 20.2 Å². The number of rotatable bonds is 5. The van der Waals surface area contributed by atoms with E-state index in [9.17, 15) is 4.79 Å². The Hall–Kier alpha value is -1.07. The number of hydrogen-bond acceptors (Lipinski definition) is 3. The smallest absolute Gasteiger partial charge is 0.269 e. The number of nitrogens with zero attached hydrogens (tertiary/aromatic N) is 2. The molecule has 1 heterocycles. The van der Waals surface area contributed by atoms with Gasteiger partial charge in [0, 0.05) is 26.2 Å². The van der Waals surface area contributed by atoms with E-state index in [-0.39, 0.29) is 18.3 Å². The molecule has 0 saturated heterocycles. The lowest BCUT2D eigenvalue weighted by Gasteiger charge is -2.16. The molecule has 0 aromatic carbocycles. The molecule has 2 rings (SSSR count). The fraction of sp³-hybridized carbons (Fsp3) is 0.714. The van der Waals surface area contributed by atoms with Crippen LogP contribution >= 0.6 is 12.4 Å². The molecule has 0 bridgehead atoms. The second-order valence-corrected chi connectivity index (χ2v) is 5.29. The fourth-order valence-electron chi connectivity index (χ4n) is 2.60. The molecule has 20 heavy (non-hydrogen) atoms. The van der Waals surface area contributed by atoms with E-state index in [1.54, 1.807) is 17.1 Å². The zero-order valence-electron chi connectivity index (χ0n) is 12.1. The Kier molecular flexibility index (Phi) is 7.62. The molecule has 1 fully saturated rings. The third-order valence-corrected chi connectivity index (χ3v) is 3.75. The number of imidazole rings is 1. The Morgan fingerprint density at radius 3 is 2.60 bits per heavy atom. The Labute approximate surface area is 126 Å². The zero-order chi connectivity index (χ0) is 13.5. The van der Waals surface area contributed by atoms with Gasteiger partial charge in [-0.2, -0.15) is 0 Å². The highest BCUT2D eigenvalue weighted by Gasteiger charge is 2.12. The first-order valence-corrected chi connectivity index (χ1v) is 7.25. The van der Waals surface area contributed by atoms with Crippen molar-refractivity contribution in [2.24, 2.45) is 7.05 Å². The van der Waals surface area contributed by atoms with Gasteiger partial charge in [0.2, 0.25) is 0 Å². The van der Waals surface area contributed by atoms with Crippen molar-refractivity contribution in [3.05, 3.63) is 18.2 Å². The van der Waals surface area contributed by atoms with Crippen molar-refractivity contribution in [1.29, 1.82) is 0 Å². The topological polar surface area (TPSA) is 59.0 Å². The molecule has 2 N–H and O–H groups in total. The third-order valence-electron chi connectivity index (χ3n) is 3.75. The van der Waals surface area contributed by atoms with Crippen molar-refractivity contribution in [2.45, 2.75) is 44.6 Å². The molecule has 0 radical (unpaired) electrons. The van der Waals surface area contributed by atoms with Crippen molar-refractivity contribution in [2.75, 3.05) is 13.1 Å². The van der Waals surface area contributed by atoms with Crippen molar-refractivity contribution < 1.29 is 4.79 Å². The van der Waals surface area contributed by atoms with Crippen molar-refractivity contribution in [3.8, 4) is 0 Å². The first kappa shape index (κ1) is 17.0. The number of aromatic nitrogens is 2. The average Bonchev–Trinajstić information content (AvgIpc) is 2.68. The van der Waals surface area contributed by atoms with Gasteiger partial charge in [0.25, 0.3) is 5.91 Å². The molecule has 1 aliphatic carbocycles. The monoisotopic (exact) mass is 300 g/mol. The predicted octanol–water partition coefficient (Wildman–Crippen LogP) is 1.88. The highest BCUT2D eigenvalue weighted by molar-refractivity contribution is 5.92. The molecule has 0 aliphatic heterocycles. The van der Waals surface area contributed by atoms with Gasteiger partial charge in [0.1, 0.15) is 5.69 Å². The predicted molar refractivity (Wildman–Crippen MR) is 82.3 cm³/mol. The van der Waals surface area contributed by atoms with Gasteiger partial charge < -0.3 is 15.2 Å². The molecular weight excluding hydrogens is 276 g/mol. The summed E-state index contributed by atoms with van der Waals surface area (Å²) in [5.74, 6) is -0.0531. The van der Waals surface area contributed by atoms with Crippen LogP contribution in [0.2, 0.25) is 0 Å². The van der Waals surface area contributed by atoms with Crippen molar-refractivity contribution >= 4 is 18.3 Å². The summed E-state index contributed by atoms with van der Waals surface area (Å²) in [7, 11) is 1.83. The molecule has 5 nitrogen and oxygen atoms in total. The molecule has 1 aliphatic rings. The maximum absolute atomic E-state index is 11.8. The van der Waals surface area contributed by atoms with Crippen LogP contribution in [0.1, 0.15) is 49.0 Å². The normalized spacial score (nSPS) is 16.2. The zero-order valence-corrected chi connectivity index (χ0v) is 12.9. The average molecular weight is 301 g/mol. The van der Waals surface area contributed by atoms with Crippen LogP contribution in [-0.4, -0.2) is 34.6 Å². The Morgan fingerprint density at radius 1 is 1.30 bits per heavy atom. The molecule has 0 unspecified atom stereocenters. The van der Waals surface area contributed by atoms with Crippen LogP contribution in [-0.2, 0) is 7.05 Å². The molecule has 0 spiro atoms. The van der Waals surface area contributed by atoms with Crippen LogP contribution in [0.5, 0.6) is 0 Å². The molecule has 1 aromatic heterocycles. The second-order valence-electron chi connectivity index (χ2n) is 5.29. The lowest BCUT2D eigenvalue weighted by Crippen LogP contribution is -2.37. The van der Waals surface area contributed by atoms with Gasteiger partial charge in [-0.1, -0.05) is 25.7 Å². The van der Waals surface area contributed by atoms with Crippen molar-refractivity contribution in [3.63, 3.8) is 0 Å². The van der Waals surface area contributed by atoms with Crippen LogP contribution in [0.15, 0.2) is 12.5 Å². The lowest BCUT2D eigenvalue weighted by molar-refractivity contribution is 0.0945. The van der Waals surface area contributed by atoms with E-state index in [0.717, 1.165) is 6.54 Å². The fourth-order valence-corrected chi connectivity index (χ4v) is 2.60. The second kappa shape index (κ2) is 8.97. The third kappa shape index (κ3) is 5.13. The molecule has 114 valence electrons. The molecular formula is C14H25ClN4O. The maximum Gasteiger partial charge on any atom is 0.269 e. The first-order valence-electron chi connectivity index (χ1n) is 7.25. The largest absolute Gasteiger partial charge is 0.349 e. The quantitative estimate of drug-likeness (QED) is 0.645. The summed E-state index contributed by atoms with van der Waals surface area (Å²) < 4.78 is 1.73. The van der Waals surface area contributed by atoms with E-state index >= 15 is 0 Å². The van der Waals surface area contributed by atoms with Gasteiger partial charge in [-0.3, -0.25) is 4.79 Å². The van der Waals surface area contributed by atoms with E-state index < -0.39 is 0 Å². The highest BCUT2D eigenvalue weighted by atomic mass is 35.5. The number of carbonyl (C=O) groups is 1. The summed E-state index contributed by atoms with van der Waals surface area (Å²) in [5.41, 5.74) is 0.606. The molecule has 1 aromatic rings. The number of halogens is 1. The van der Waals surface area contributed by atoms with Gasteiger partial charge in [0.15, 0.2) is 0 Å². The number of carbonyl (C=O) groups excluding carboxylic acids is 1. The Bertz CT molecular complexity index is 400. The first-order chi connectivity index (χ1) is 9.27. The van der Waals surface area contributed by atoms with Crippen LogP contribution < -0.4 is 10.6 Å². The van der Waals surface area contributed by atoms with E-state index in [2.05, 4.69) is 15.6 Å². The molecule has 0 atom stereocenters. The van der Waals surface area contributed by atoms with E-state index in [1.165, 1.54) is 38.5 Å². The number of aryl methyl sites for hydroxylation is 1. The maximum atomic E-state index is 11.8. The van der Waals surface area contributed by atoms with Crippen LogP contribution in [0.25, 0.3) is 0 Å². The standard InChI is InChI=1S/C14H24N4O.ClH/c1-18-11-15-10-13(18)14(19)17-9-8-16-12-6-4-2-3-5-7-12;/h10-12,16H,2-9H2,1H3,(H,17,19);1H. The van der Waals surface area contributed by atoms with Gasteiger partial charge in [0.05, 0.1) is 12.5 Å². The molecule has 1 amide bonds. The summed E-state index contributed by atoms with van der Waals surface area (Å²) in [5, 5.41) is 6.46. The van der Waals surface area contributed by atoms with Crippen LogP contribution in [0.3, 0.4) is 0 Å². The molecule has 1 saturated carbocycles. The summed E-state index contributed by atoms with van der Waals surface area (Å²) in [6, 6.07) is 0.635. The Balaban J connectivity index is 0.00000200. The van der Waals surface area contributed by atoms with E-state index in [0.29, 0.717) is 18.3 Å². The number of amides is 1. The summed E-state index contributed by atoms with van der Waals surface area (Å²) >= 11 is 0. The van der Waals surface area contributed by atoms with Gasteiger partial charge in [-0.05, 0) is 12.8 Å². The lowest BCUT2D eigenvalue weighted by atomic mass is 10.1.